The molecule has 2 atom stereocenters. The third-order valence-corrected chi connectivity index (χ3v) is 4.03. The molecule has 4 nitrogen and oxygen atoms in total. The summed E-state index contributed by atoms with van der Waals surface area (Å²) in [7, 11) is 0. The maximum Gasteiger partial charge on any atom is 0.223 e. The van der Waals surface area contributed by atoms with Crippen LogP contribution in [0.5, 0.6) is 0 Å². The third-order valence-electron chi connectivity index (χ3n) is 3.70. The summed E-state index contributed by atoms with van der Waals surface area (Å²) >= 11 is 6.00. The molecule has 21 heavy (non-hydrogen) atoms. The van der Waals surface area contributed by atoms with E-state index in [4.69, 9.17) is 16.3 Å². The Morgan fingerprint density at radius 3 is 2.43 bits per heavy atom. The highest BCUT2D eigenvalue weighted by Gasteiger charge is 2.29. The van der Waals surface area contributed by atoms with Gasteiger partial charge < -0.3 is 9.64 Å². The monoisotopic (exact) mass is 309 g/mol. The predicted molar refractivity (Wildman–Crippen MR) is 81.6 cm³/mol. The van der Waals surface area contributed by atoms with Gasteiger partial charge in [0.15, 0.2) is 5.78 Å². The zero-order valence-corrected chi connectivity index (χ0v) is 13.1. The molecule has 1 amide bonds. The van der Waals surface area contributed by atoms with Crippen molar-refractivity contribution in [1.29, 1.82) is 0 Å². The number of hydrogen-bond donors (Lipinski definition) is 0. The summed E-state index contributed by atoms with van der Waals surface area (Å²) in [6.45, 7) is 5.02. The van der Waals surface area contributed by atoms with Crippen LogP contribution in [0, 0.1) is 0 Å². The highest BCUT2D eigenvalue weighted by atomic mass is 35.5. The fraction of sp³-hybridized carbons (Fsp3) is 0.500. The van der Waals surface area contributed by atoms with Crippen LogP contribution < -0.4 is 0 Å². The largest absolute Gasteiger partial charge is 0.377 e. The van der Waals surface area contributed by atoms with Gasteiger partial charge in [-0.2, -0.15) is 0 Å². The van der Waals surface area contributed by atoms with Crippen molar-refractivity contribution < 1.29 is 14.3 Å². The van der Waals surface area contributed by atoms with Crippen LogP contribution in [-0.4, -0.2) is 41.9 Å². The lowest BCUT2D eigenvalue weighted by Crippen LogP contribution is -2.52. The number of carbonyl (C=O) groups is 2. The molecular formula is C16H20ClNO3. The topological polar surface area (TPSA) is 46.6 Å². The standard InChI is InChI=1S/C16H20ClNO3/c1-11-9-21-10-12(2)18(11)16(20)8-7-15(19)13-5-3-4-6-14(13)17/h3-6,11-12H,7-10H2,1-2H3. The molecule has 1 aromatic rings. The van der Waals surface area contributed by atoms with Crippen LogP contribution in [0.15, 0.2) is 24.3 Å². The van der Waals surface area contributed by atoms with Crippen molar-refractivity contribution in [3.63, 3.8) is 0 Å². The van der Waals surface area contributed by atoms with E-state index in [-0.39, 0.29) is 36.6 Å². The van der Waals surface area contributed by atoms with Crippen molar-refractivity contribution in [2.24, 2.45) is 0 Å². The first kappa shape index (κ1) is 16.0. The van der Waals surface area contributed by atoms with Crippen LogP contribution in [-0.2, 0) is 9.53 Å². The first-order valence-corrected chi connectivity index (χ1v) is 7.55. The fourth-order valence-electron chi connectivity index (χ4n) is 2.67. The van der Waals surface area contributed by atoms with Gasteiger partial charge in [0.05, 0.1) is 30.3 Å². The first-order chi connectivity index (χ1) is 10.0. The number of amides is 1. The molecule has 1 aliphatic rings. The van der Waals surface area contributed by atoms with Gasteiger partial charge in [-0.1, -0.05) is 23.7 Å². The van der Waals surface area contributed by atoms with Crippen molar-refractivity contribution >= 4 is 23.3 Å². The molecule has 1 saturated heterocycles. The van der Waals surface area contributed by atoms with Gasteiger partial charge in [0.2, 0.25) is 5.91 Å². The molecule has 0 bridgehead atoms. The van der Waals surface area contributed by atoms with Gasteiger partial charge in [0.1, 0.15) is 0 Å². The van der Waals surface area contributed by atoms with Crippen LogP contribution >= 0.6 is 11.6 Å². The second kappa shape index (κ2) is 7.05. The Morgan fingerprint density at radius 2 is 1.81 bits per heavy atom. The Labute approximate surface area is 130 Å². The third kappa shape index (κ3) is 3.83. The molecule has 114 valence electrons. The van der Waals surface area contributed by atoms with E-state index in [1.165, 1.54) is 0 Å². The van der Waals surface area contributed by atoms with E-state index in [9.17, 15) is 9.59 Å². The van der Waals surface area contributed by atoms with Crippen molar-refractivity contribution in [3.8, 4) is 0 Å². The lowest BCUT2D eigenvalue weighted by atomic mass is 10.0. The average molecular weight is 310 g/mol. The maximum absolute atomic E-state index is 12.3. The van der Waals surface area contributed by atoms with E-state index in [1.807, 2.05) is 18.7 Å². The highest BCUT2D eigenvalue weighted by molar-refractivity contribution is 6.34. The number of ether oxygens (including phenoxy) is 1. The van der Waals surface area contributed by atoms with E-state index < -0.39 is 0 Å². The smallest absolute Gasteiger partial charge is 0.223 e. The molecule has 0 aliphatic carbocycles. The van der Waals surface area contributed by atoms with Crippen molar-refractivity contribution in [1.82, 2.24) is 4.90 Å². The number of morpholine rings is 1. The van der Waals surface area contributed by atoms with Gasteiger partial charge in [0, 0.05) is 18.4 Å². The molecule has 0 saturated carbocycles. The van der Waals surface area contributed by atoms with Crippen LogP contribution in [0.2, 0.25) is 5.02 Å². The Kier molecular flexibility index (Phi) is 5.37. The molecule has 0 spiro atoms. The minimum absolute atomic E-state index is 0.00120. The summed E-state index contributed by atoms with van der Waals surface area (Å²) in [5.74, 6) is -0.0961. The van der Waals surface area contributed by atoms with Crippen molar-refractivity contribution in [2.45, 2.75) is 38.8 Å². The van der Waals surface area contributed by atoms with E-state index in [1.54, 1.807) is 24.3 Å². The van der Waals surface area contributed by atoms with E-state index in [0.29, 0.717) is 23.8 Å². The SMILES string of the molecule is CC1COCC(C)N1C(=O)CCC(=O)c1ccccc1Cl. The van der Waals surface area contributed by atoms with Crippen LogP contribution in [0.1, 0.15) is 37.0 Å². The minimum Gasteiger partial charge on any atom is -0.377 e. The summed E-state index contributed by atoms with van der Waals surface area (Å²) in [4.78, 5) is 26.3. The van der Waals surface area contributed by atoms with Gasteiger partial charge in [-0.3, -0.25) is 9.59 Å². The lowest BCUT2D eigenvalue weighted by Gasteiger charge is -2.38. The molecule has 1 aromatic carbocycles. The second-order valence-corrected chi connectivity index (χ2v) is 5.85. The van der Waals surface area contributed by atoms with Crippen LogP contribution in [0.4, 0.5) is 0 Å². The number of rotatable bonds is 4. The van der Waals surface area contributed by atoms with Gasteiger partial charge >= 0.3 is 0 Å². The molecule has 0 aromatic heterocycles. The highest BCUT2D eigenvalue weighted by Crippen LogP contribution is 2.19. The molecule has 2 unspecified atom stereocenters. The van der Waals surface area contributed by atoms with Gasteiger partial charge in [0.25, 0.3) is 0 Å². The Balaban J connectivity index is 1.95. The minimum atomic E-state index is -0.0949. The number of ketones is 1. The molecule has 2 rings (SSSR count). The molecule has 1 fully saturated rings. The molecule has 5 heteroatoms. The van der Waals surface area contributed by atoms with Gasteiger partial charge in [-0.15, -0.1) is 0 Å². The van der Waals surface area contributed by atoms with E-state index in [2.05, 4.69) is 0 Å². The average Bonchev–Trinajstić information content (AvgIpc) is 2.45. The number of benzene rings is 1. The van der Waals surface area contributed by atoms with E-state index in [0.717, 1.165) is 0 Å². The summed E-state index contributed by atoms with van der Waals surface area (Å²) in [6.07, 6.45) is 0.387. The molecule has 1 heterocycles. The first-order valence-electron chi connectivity index (χ1n) is 7.17. The summed E-state index contributed by atoms with van der Waals surface area (Å²) in [5, 5.41) is 0.433. The molecule has 1 aliphatic heterocycles. The Morgan fingerprint density at radius 1 is 1.19 bits per heavy atom. The zero-order valence-electron chi connectivity index (χ0n) is 12.3. The van der Waals surface area contributed by atoms with Crippen molar-refractivity contribution in [3.05, 3.63) is 34.9 Å². The maximum atomic E-state index is 12.3. The Hall–Kier alpha value is -1.39. The number of Topliss-reactive ketones (excluding diaryl/α,β-unsaturated/α-hetero) is 1. The summed E-state index contributed by atoms with van der Waals surface area (Å²) in [6, 6.07) is 7.03. The fourth-order valence-corrected chi connectivity index (χ4v) is 2.91. The number of hydrogen-bond acceptors (Lipinski definition) is 3. The van der Waals surface area contributed by atoms with E-state index >= 15 is 0 Å². The summed E-state index contributed by atoms with van der Waals surface area (Å²) in [5.41, 5.74) is 0.482. The molecular weight excluding hydrogens is 290 g/mol. The number of halogens is 1. The van der Waals surface area contributed by atoms with Crippen molar-refractivity contribution in [2.75, 3.05) is 13.2 Å². The van der Waals surface area contributed by atoms with Gasteiger partial charge in [-0.05, 0) is 26.0 Å². The predicted octanol–water partition coefficient (Wildman–Crippen LogP) is 2.94. The van der Waals surface area contributed by atoms with Crippen LogP contribution in [0.25, 0.3) is 0 Å². The zero-order chi connectivity index (χ0) is 15.4. The Bertz CT molecular complexity index is 522. The quantitative estimate of drug-likeness (QED) is 0.803. The summed E-state index contributed by atoms with van der Waals surface area (Å²) < 4.78 is 5.41. The van der Waals surface area contributed by atoms with Crippen LogP contribution in [0.3, 0.4) is 0 Å². The lowest BCUT2D eigenvalue weighted by molar-refractivity contribution is -0.144. The number of carbonyl (C=O) groups excluding carboxylic acids is 2. The number of nitrogens with zero attached hydrogens (tertiary/aromatic N) is 1. The molecule has 0 radical (unpaired) electrons. The second-order valence-electron chi connectivity index (χ2n) is 5.44. The normalized spacial score (nSPS) is 22.1. The van der Waals surface area contributed by atoms with Gasteiger partial charge in [-0.25, -0.2) is 0 Å². The molecule has 0 N–H and O–H groups in total.